The van der Waals surface area contributed by atoms with Gasteiger partial charge in [0.15, 0.2) is 5.78 Å². The summed E-state index contributed by atoms with van der Waals surface area (Å²) in [5.41, 5.74) is 4.52. The van der Waals surface area contributed by atoms with E-state index in [0.29, 0.717) is 24.2 Å². The van der Waals surface area contributed by atoms with E-state index in [1.54, 1.807) is 0 Å². The van der Waals surface area contributed by atoms with Crippen LogP contribution in [0, 0.1) is 25.2 Å². The molecule has 140 valence electrons. The summed E-state index contributed by atoms with van der Waals surface area (Å²) in [4.78, 5) is 15.7. The third-order valence-corrected chi connectivity index (χ3v) is 6.40. The average molecular weight is 361 g/mol. The minimum atomic E-state index is 0.238. The highest BCUT2D eigenvalue weighted by molar-refractivity contribution is 5.99. The molecule has 2 bridgehead atoms. The van der Waals surface area contributed by atoms with Crippen LogP contribution in [0.3, 0.4) is 0 Å². The fourth-order valence-electron chi connectivity index (χ4n) is 5.06. The van der Waals surface area contributed by atoms with Crippen molar-refractivity contribution in [3.05, 3.63) is 52.8 Å². The zero-order valence-electron chi connectivity index (χ0n) is 16.2. The first-order valence-corrected chi connectivity index (χ1v) is 10.1. The lowest BCUT2D eigenvalue weighted by molar-refractivity contribution is 0.0382. The van der Waals surface area contributed by atoms with E-state index in [1.165, 1.54) is 38.5 Å². The lowest BCUT2D eigenvalue weighted by Gasteiger charge is -2.45. The molecule has 2 aliphatic rings. The van der Waals surface area contributed by atoms with Gasteiger partial charge < -0.3 is 4.57 Å². The third kappa shape index (κ3) is 3.33. The number of benzene rings is 1. The molecule has 2 saturated heterocycles. The van der Waals surface area contributed by atoms with Gasteiger partial charge in [-0.15, -0.1) is 0 Å². The van der Waals surface area contributed by atoms with E-state index in [2.05, 4.69) is 15.5 Å². The molecular weight excluding hydrogens is 334 g/mol. The number of nitriles is 1. The van der Waals surface area contributed by atoms with Crippen molar-refractivity contribution >= 4 is 5.78 Å². The highest BCUT2D eigenvalue weighted by Crippen LogP contribution is 2.34. The van der Waals surface area contributed by atoms with Crippen LogP contribution in [0.2, 0.25) is 0 Å². The molecule has 0 amide bonds. The summed E-state index contributed by atoms with van der Waals surface area (Å²) in [5, 5.41) is 9.00. The lowest BCUT2D eigenvalue weighted by Crippen LogP contribution is -2.51. The van der Waals surface area contributed by atoms with Gasteiger partial charge >= 0.3 is 0 Å². The van der Waals surface area contributed by atoms with Crippen molar-refractivity contribution in [3.8, 4) is 11.8 Å². The van der Waals surface area contributed by atoms with Crippen LogP contribution in [0.15, 0.2) is 30.3 Å². The van der Waals surface area contributed by atoms with Crippen LogP contribution in [-0.2, 0) is 0 Å². The molecule has 0 saturated carbocycles. The van der Waals surface area contributed by atoms with E-state index < -0.39 is 0 Å². The summed E-state index contributed by atoms with van der Waals surface area (Å²) in [6.45, 7) is 4.61. The lowest BCUT2D eigenvalue weighted by atomic mass is 9.84. The number of aryl methyl sites for hydroxylation is 1. The minimum absolute atomic E-state index is 0.238. The van der Waals surface area contributed by atoms with E-state index >= 15 is 0 Å². The Morgan fingerprint density at radius 3 is 2.22 bits per heavy atom. The number of ketones is 1. The predicted molar refractivity (Wildman–Crippen MR) is 106 cm³/mol. The zero-order chi connectivity index (χ0) is 19.0. The smallest absolute Gasteiger partial charge is 0.178 e. The van der Waals surface area contributed by atoms with Gasteiger partial charge in [0, 0.05) is 34.7 Å². The Morgan fingerprint density at radius 1 is 1.07 bits per heavy atom. The topological polar surface area (TPSA) is 49.0 Å². The Labute approximate surface area is 161 Å². The standard InChI is InChI=1S/C23H27N3O/c1-16-13-22(17(2)26(16)21-11-9-18(14-24)10-12-21)23(27)15-25-19-5-3-6-20(25)8-4-7-19/h9-13,19-20H,3-8,15H2,1-2H3. The maximum atomic E-state index is 13.2. The zero-order valence-corrected chi connectivity index (χ0v) is 16.2. The maximum Gasteiger partial charge on any atom is 0.178 e. The van der Waals surface area contributed by atoms with Gasteiger partial charge in [0.2, 0.25) is 0 Å². The summed E-state index contributed by atoms with van der Waals surface area (Å²) >= 11 is 0. The van der Waals surface area contributed by atoms with Crippen LogP contribution in [-0.4, -0.2) is 33.9 Å². The second kappa shape index (κ2) is 7.32. The van der Waals surface area contributed by atoms with Gasteiger partial charge in [-0.05, 0) is 69.9 Å². The Hall–Kier alpha value is -2.38. The highest BCUT2D eigenvalue weighted by Gasteiger charge is 2.35. The fraction of sp³-hybridized carbons (Fsp3) is 0.478. The second-order valence-electron chi connectivity index (χ2n) is 8.04. The summed E-state index contributed by atoms with van der Waals surface area (Å²) in [6, 6.07) is 12.9. The largest absolute Gasteiger partial charge is 0.318 e. The Bertz CT molecular complexity index is 866. The van der Waals surface area contributed by atoms with Gasteiger partial charge in [-0.1, -0.05) is 12.8 Å². The molecule has 3 heterocycles. The number of hydrogen-bond donors (Lipinski definition) is 0. The molecule has 0 atom stereocenters. The Kier molecular flexibility index (Phi) is 4.88. The fourth-order valence-corrected chi connectivity index (χ4v) is 5.06. The molecule has 0 N–H and O–H groups in total. The van der Waals surface area contributed by atoms with Crippen LogP contribution in [0.4, 0.5) is 0 Å². The van der Waals surface area contributed by atoms with E-state index in [4.69, 9.17) is 5.26 Å². The van der Waals surface area contributed by atoms with Crippen molar-refractivity contribution in [1.29, 1.82) is 5.26 Å². The van der Waals surface area contributed by atoms with Crippen LogP contribution in [0.1, 0.15) is 65.8 Å². The van der Waals surface area contributed by atoms with Gasteiger partial charge in [-0.3, -0.25) is 9.69 Å². The first-order valence-electron chi connectivity index (χ1n) is 10.1. The monoisotopic (exact) mass is 361 g/mol. The third-order valence-electron chi connectivity index (χ3n) is 6.40. The number of nitrogens with zero attached hydrogens (tertiary/aromatic N) is 3. The number of carbonyl (C=O) groups excluding carboxylic acids is 1. The van der Waals surface area contributed by atoms with Crippen molar-refractivity contribution < 1.29 is 4.79 Å². The molecule has 0 unspecified atom stereocenters. The van der Waals surface area contributed by atoms with Gasteiger partial charge in [0.05, 0.1) is 18.2 Å². The van der Waals surface area contributed by atoms with Crippen molar-refractivity contribution in [2.24, 2.45) is 0 Å². The molecule has 2 aromatic rings. The van der Waals surface area contributed by atoms with Crippen LogP contribution >= 0.6 is 0 Å². The molecule has 4 nitrogen and oxygen atoms in total. The summed E-state index contributed by atoms with van der Waals surface area (Å²) in [7, 11) is 0. The summed E-state index contributed by atoms with van der Waals surface area (Å²) < 4.78 is 2.12. The Morgan fingerprint density at radius 2 is 1.67 bits per heavy atom. The van der Waals surface area contributed by atoms with Gasteiger partial charge in [-0.2, -0.15) is 5.26 Å². The average Bonchev–Trinajstić information content (AvgIpc) is 2.96. The highest BCUT2D eigenvalue weighted by atomic mass is 16.1. The number of hydrogen-bond acceptors (Lipinski definition) is 3. The number of Topliss-reactive ketones (excluding diaryl/α,β-unsaturated/α-hetero) is 1. The van der Waals surface area contributed by atoms with Gasteiger partial charge in [-0.25, -0.2) is 0 Å². The molecule has 1 aromatic heterocycles. The number of aromatic nitrogens is 1. The van der Waals surface area contributed by atoms with Crippen molar-refractivity contribution in [1.82, 2.24) is 9.47 Å². The summed E-state index contributed by atoms with van der Waals surface area (Å²) in [5.74, 6) is 0.238. The van der Waals surface area contributed by atoms with E-state index in [0.717, 1.165) is 22.6 Å². The molecule has 4 rings (SSSR count). The first kappa shape index (κ1) is 18.0. The summed E-state index contributed by atoms with van der Waals surface area (Å²) in [6.07, 6.45) is 7.60. The first-order chi connectivity index (χ1) is 13.1. The molecule has 0 radical (unpaired) electrons. The molecule has 2 aliphatic heterocycles. The normalized spacial score (nSPS) is 22.4. The van der Waals surface area contributed by atoms with Crippen molar-refractivity contribution in [3.63, 3.8) is 0 Å². The molecule has 0 aliphatic carbocycles. The number of rotatable bonds is 4. The minimum Gasteiger partial charge on any atom is -0.318 e. The van der Waals surface area contributed by atoms with Crippen molar-refractivity contribution in [2.75, 3.05) is 6.54 Å². The van der Waals surface area contributed by atoms with Crippen molar-refractivity contribution in [2.45, 2.75) is 64.5 Å². The number of carbonyl (C=O) groups is 1. The molecule has 27 heavy (non-hydrogen) atoms. The van der Waals surface area contributed by atoms with Gasteiger partial charge in [0.25, 0.3) is 0 Å². The molecule has 2 fully saturated rings. The van der Waals surface area contributed by atoms with Crippen LogP contribution in [0.5, 0.6) is 0 Å². The van der Waals surface area contributed by atoms with E-state index in [9.17, 15) is 4.79 Å². The maximum absolute atomic E-state index is 13.2. The van der Waals surface area contributed by atoms with Gasteiger partial charge in [0.1, 0.15) is 0 Å². The van der Waals surface area contributed by atoms with Crippen LogP contribution in [0.25, 0.3) is 5.69 Å². The molecular formula is C23H27N3O. The Balaban J connectivity index is 1.59. The van der Waals surface area contributed by atoms with Crippen LogP contribution < -0.4 is 0 Å². The predicted octanol–water partition coefficient (Wildman–Crippen LogP) is 4.56. The quantitative estimate of drug-likeness (QED) is 0.750. The number of piperidine rings is 2. The number of fused-ring (bicyclic) bond motifs is 2. The molecule has 4 heteroatoms. The van der Waals surface area contributed by atoms with E-state index in [1.807, 2.05) is 44.2 Å². The SMILES string of the molecule is Cc1cc(C(=O)CN2C3CCCC2CCC3)c(C)n1-c1ccc(C#N)cc1. The van der Waals surface area contributed by atoms with E-state index in [-0.39, 0.29) is 5.78 Å². The molecule has 0 spiro atoms. The molecule has 1 aromatic carbocycles. The second-order valence-corrected chi connectivity index (χ2v) is 8.04.